The Morgan fingerprint density at radius 2 is 1.95 bits per heavy atom. The smallest absolute Gasteiger partial charge is 0.0628 e. The van der Waals surface area contributed by atoms with Crippen molar-refractivity contribution in [2.45, 2.75) is 43.7 Å². The van der Waals surface area contributed by atoms with E-state index in [-0.39, 0.29) is 18.2 Å². The number of likely N-dealkylation sites (tertiary alicyclic amines) is 1. The first-order valence-electron chi connectivity index (χ1n) is 7.99. The fourth-order valence-electron chi connectivity index (χ4n) is 4.07. The molecule has 0 aliphatic carbocycles. The highest BCUT2D eigenvalue weighted by Crippen LogP contribution is 2.39. The molecule has 1 aromatic rings. The third kappa shape index (κ3) is 2.62. The van der Waals surface area contributed by atoms with Crippen molar-refractivity contribution in [2.24, 2.45) is 0 Å². The van der Waals surface area contributed by atoms with Crippen LogP contribution in [0.3, 0.4) is 0 Å². The van der Waals surface area contributed by atoms with Crippen LogP contribution < -0.4 is 5.32 Å². The number of hydrogen-bond donors (Lipinski definition) is 2. The third-order valence-electron chi connectivity index (χ3n) is 5.08. The average molecular weight is 274 g/mol. The van der Waals surface area contributed by atoms with Gasteiger partial charge in [-0.2, -0.15) is 0 Å². The molecule has 110 valence electrons. The minimum Gasteiger partial charge on any atom is -0.394 e. The van der Waals surface area contributed by atoms with Crippen molar-refractivity contribution in [2.75, 3.05) is 26.2 Å². The van der Waals surface area contributed by atoms with Crippen LogP contribution in [-0.4, -0.2) is 41.8 Å². The van der Waals surface area contributed by atoms with Gasteiger partial charge in [0.1, 0.15) is 0 Å². The van der Waals surface area contributed by atoms with Gasteiger partial charge in [-0.25, -0.2) is 0 Å². The summed E-state index contributed by atoms with van der Waals surface area (Å²) in [7, 11) is 0. The average Bonchev–Trinajstić information content (AvgIpc) is 2.52. The lowest BCUT2D eigenvalue weighted by Gasteiger charge is -2.52. The quantitative estimate of drug-likeness (QED) is 0.888. The van der Waals surface area contributed by atoms with E-state index < -0.39 is 0 Å². The molecule has 2 fully saturated rings. The predicted octanol–water partition coefficient (Wildman–Crippen LogP) is 2.33. The fourth-order valence-corrected chi connectivity index (χ4v) is 4.07. The zero-order valence-corrected chi connectivity index (χ0v) is 12.2. The number of hydrogen-bond acceptors (Lipinski definition) is 3. The normalized spacial score (nSPS) is 29.4. The van der Waals surface area contributed by atoms with Crippen LogP contribution in [0.15, 0.2) is 30.3 Å². The van der Waals surface area contributed by atoms with Crippen LogP contribution in [0.5, 0.6) is 0 Å². The number of aliphatic hydroxyl groups excluding tert-OH is 1. The van der Waals surface area contributed by atoms with Crippen LogP contribution in [0.25, 0.3) is 0 Å². The van der Waals surface area contributed by atoms with Gasteiger partial charge in [0.2, 0.25) is 0 Å². The molecule has 0 bridgehead atoms. The van der Waals surface area contributed by atoms with Crippen molar-refractivity contribution in [3.8, 4) is 0 Å². The first-order chi connectivity index (χ1) is 9.86. The first kappa shape index (κ1) is 14.1. The molecule has 2 aliphatic rings. The van der Waals surface area contributed by atoms with E-state index in [0.29, 0.717) is 0 Å². The van der Waals surface area contributed by atoms with Crippen LogP contribution in [0.4, 0.5) is 0 Å². The fraction of sp³-hybridized carbons (Fsp3) is 0.647. The van der Waals surface area contributed by atoms with Gasteiger partial charge in [0.05, 0.1) is 12.6 Å². The molecule has 2 atom stereocenters. The summed E-state index contributed by atoms with van der Waals surface area (Å²) in [6, 6.07) is 10.7. The number of nitrogens with zero attached hydrogens (tertiary/aromatic N) is 1. The van der Waals surface area contributed by atoms with E-state index in [1.165, 1.54) is 37.7 Å². The van der Waals surface area contributed by atoms with Gasteiger partial charge in [-0.15, -0.1) is 0 Å². The van der Waals surface area contributed by atoms with E-state index >= 15 is 0 Å². The monoisotopic (exact) mass is 274 g/mol. The van der Waals surface area contributed by atoms with Gasteiger partial charge in [0, 0.05) is 12.1 Å². The Labute approximate surface area is 122 Å². The molecule has 2 N–H and O–H groups in total. The summed E-state index contributed by atoms with van der Waals surface area (Å²) in [4.78, 5) is 2.60. The highest BCUT2D eigenvalue weighted by atomic mass is 16.3. The van der Waals surface area contributed by atoms with Crippen LogP contribution in [0, 0.1) is 0 Å². The van der Waals surface area contributed by atoms with Crippen molar-refractivity contribution in [3.63, 3.8) is 0 Å². The number of nitrogens with one attached hydrogen (secondary N) is 1. The van der Waals surface area contributed by atoms with E-state index in [1.54, 1.807) is 0 Å². The van der Waals surface area contributed by atoms with Gasteiger partial charge in [-0.3, -0.25) is 4.90 Å². The molecule has 0 aromatic heterocycles. The number of piperidine rings is 2. The Morgan fingerprint density at radius 3 is 2.65 bits per heavy atom. The molecule has 0 unspecified atom stereocenters. The number of aliphatic hydroxyl groups is 1. The summed E-state index contributed by atoms with van der Waals surface area (Å²) < 4.78 is 0. The zero-order chi connectivity index (χ0) is 13.8. The van der Waals surface area contributed by atoms with Crippen LogP contribution >= 0.6 is 0 Å². The Balaban J connectivity index is 1.88. The summed E-state index contributed by atoms with van der Waals surface area (Å²) >= 11 is 0. The lowest BCUT2D eigenvalue weighted by Crippen LogP contribution is -2.61. The van der Waals surface area contributed by atoms with Crippen molar-refractivity contribution >= 4 is 0 Å². The topological polar surface area (TPSA) is 35.5 Å². The summed E-state index contributed by atoms with van der Waals surface area (Å²) in [5.74, 6) is 0. The van der Waals surface area contributed by atoms with E-state index in [1.807, 2.05) is 6.07 Å². The van der Waals surface area contributed by atoms with E-state index in [0.717, 1.165) is 19.6 Å². The third-order valence-corrected chi connectivity index (χ3v) is 5.08. The molecule has 2 saturated heterocycles. The number of rotatable bonds is 3. The second-order valence-corrected chi connectivity index (χ2v) is 6.26. The molecule has 0 amide bonds. The van der Waals surface area contributed by atoms with Crippen LogP contribution in [0.2, 0.25) is 0 Å². The molecule has 2 heterocycles. The van der Waals surface area contributed by atoms with Gasteiger partial charge in [0.15, 0.2) is 0 Å². The highest BCUT2D eigenvalue weighted by Gasteiger charge is 2.42. The van der Waals surface area contributed by atoms with Gasteiger partial charge in [0.25, 0.3) is 0 Å². The van der Waals surface area contributed by atoms with E-state index in [9.17, 15) is 5.11 Å². The van der Waals surface area contributed by atoms with Gasteiger partial charge >= 0.3 is 0 Å². The Hall–Kier alpha value is -0.900. The van der Waals surface area contributed by atoms with Crippen LogP contribution in [0.1, 0.15) is 43.7 Å². The SMILES string of the molecule is OC[C@@H](c1ccccc1)N1CCCC[C@@]12CCCNC2. The van der Waals surface area contributed by atoms with Crippen molar-refractivity contribution in [3.05, 3.63) is 35.9 Å². The highest BCUT2D eigenvalue weighted by molar-refractivity contribution is 5.20. The maximum atomic E-state index is 9.98. The van der Waals surface area contributed by atoms with Crippen molar-refractivity contribution < 1.29 is 5.11 Å². The minimum absolute atomic E-state index is 0.149. The minimum atomic E-state index is 0.149. The van der Waals surface area contributed by atoms with E-state index in [2.05, 4.69) is 34.5 Å². The summed E-state index contributed by atoms with van der Waals surface area (Å²) in [6.07, 6.45) is 6.37. The summed E-state index contributed by atoms with van der Waals surface area (Å²) in [5, 5.41) is 13.6. The molecule has 2 aliphatic heterocycles. The summed E-state index contributed by atoms with van der Waals surface area (Å²) in [5.41, 5.74) is 1.52. The second-order valence-electron chi connectivity index (χ2n) is 6.26. The van der Waals surface area contributed by atoms with Gasteiger partial charge in [-0.1, -0.05) is 36.8 Å². The molecule has 1 spiro atoms. The first-order valence-corrected chi connectivity index (χ1v) is 7.99. The Kier molecular flexibility index (Phi) is 4.39. The molecule has 0 radical (unpaired) electrons. The molecular weight excluding hydrogens is 248 g/mol. The molecule has 1 aromatic carbocycles. The van der Waals surface area contributed by atoms with Gasteiger partial charge < -0.3 is 10.4 Å². The molecule has 3 nitrogen and oxygen atoms in total. The standard InChI is InChI=1S/C17H26N2O/c20-13-16(15-7-2-1-3-8-15)19-12-5-4-9-17(19)10-6-11-18-14-17/h1-3,7-8,16,18,20H,4-6,9-14H2/t16-,17-/m0/s1. The lowest BCUT2D eigenvalue weighted by atomic mass is 9.79. The molecule has 20 heavy (non-hydrogen) atoms. The van der Waals surface area contributed by atoms with Crippen LogP contribution in [-0.2, 0) is 0 Å². The van der Waals surface area contributed by atoms with Crippen molar-refractivity contribution in [1.82, 2.24) is 10.2 Å². The van der Waals surface area contributed by atoms with E-state index in [4.69, 9.17) is 0 Å². The molecule has 0 saturated carbocycles. The summed E-state index contributed by atoms with van der Waals surface area (Å²) in [6.45, 7) is 3.55. The molecule has 3 heteroatoms. The van der Waals surface area contributed by atoms with Gasteiger partial charge in [-0.05, 0) is 44.3 Å². The van der Waals surface area contributed by atoms with Crippen molar-refractivity contribution in [1.29, 1.82) is 0 Å². The lowest BCUT2D eigenvalue weighted by molar-refractivity contribution is -0.0281. The molecule has 3 rings (SSSR count). The Bertz CT molecular complexity index is 406. The Morgan fingerprint density at radius 1 is 1.15 bits per heavy atom. The number of benzene rings is 1. The predicted molar refractivity (Wildman–Crippen MR) is 81.7 cm³/mol. The zero-order valence-electron chi connectivity index (χ0n) is 12.2. The molecular formula is C17H26N2O. The largest absolute Gasteiger partial charge is 0.394 e. The maximum absolute atomic E-state index is 9.98. The second kappa shape index (κ2) is 6.25. The maximum Gasteiger partial charge on any atom is 0.0628 e.